The van der Waals surface area contributed by atoms with Crippen LogP contribution < -0.4 is 0 Å². The molecule has 0 amide bonds. The lowest BCUT2D eigenvalue weighted by Crippen LogP contribution is -1.79. The van der Waals surface area contributed by atoms with Crippen molar-refractivity contribution >= 4 is 33.6 Å². The van der Waals surface area contributed by atoms with Gasteiger partial charge in [-0.25, -0.2) is 4.99 Å². The first-order valence-electron chi connectivity index (χ1n) is 4.81. The highest BCUT2D eigenvalue weighted by Gasteiger charge is 2.09. The molecule has 2 rings (SSSR count). The molecule has 1 saturated heterocycles. The third-order valence-corrected chi connectivity index (χ3v) is 4.56. The summed E-state index contributed by atoms with van der Waals surface area (Å²) in [6, 6.07) is 8.52. The second kappa shape index (κ2) is 4.89. The van der Waals surface area contributed by atoms with Gasteiger partial charge in [0.05, 0.1) is 5.69 Å². The number of hydrogen-bond acceptors (Lipinski definition) is 3. The molecule has 1 aromatic rings. The Morgan fingerprint density at radius 1 is 1.14 bits per heavy atom. The van der Waals surface area contributed by atoms with Gasteiger partial charge in [0.2, 0.25) is 0 Å². The zero-order chi connectivity index (χ0) is 9.80. The van der Waals surface area contributed by atoms with E-state index in [0.29, 0.717) is 0 Å². The largest absolute Gasteiger partial charge is 0.235 e. The van der Waals surface area contributed by atoms with Crippen molar-refractivity contribution in [1.29, 1.82) is 0 Å². The van der Waals surface area contributed by atoms with Crippen molar-refractivity contribution < 1.29 is 0 Å². The average molecular weight is 223 g/mol. The number of aliphatic imine (C=N–C) groups is 1. The van der Waals surface area contributed by atoms with E-state index in [4.69, 9.17) is 0 Å². The lowest BCUT2D eigenvalue weighted by Gasteiger charge is -1.98. The number of benzene rings is 1. The summed E-state index contributed by atoms with van der Waals surface area (Å²) in [7, 11) is 0. The molecule has 0 unspecified atom stereocenters. The van der Waals surface area contributed by atoms with Gasteiger partial charge in [-0.3, -0.25) is 0 Å². The number of rotatable bonds is 2. The molecule has 1 fully saturated rings. The number of hydrogen-bond donors (Lipinski definition) is 0. The molecule has 1 nitrogen and oxygen atoms in total. The molecule has 0 N–H and O–H groups in total. The lowest BCUT2D eigenvalue weighted by molar-refractivity contribution is 1.14. The van der Waals surface area contributed by atoms with Crippen LogP contribution in [0.5, 0.6) is 0 Å². The minimum Gasteiger partial charge on any atom is -0.235 e. The predicted octanol–water partition coefficient (Wildman–Crippen LogP) is 3.72. The van der Waals surface area contributed by atoms with Crippen LogP contribution in [0, 0.1) is 0 Å². The van der Waals surface area contributed by atoms with Crippen LogP contribution in [0.4, 0.5) is 5.69 Å². The molecule has 1 aromatic carbocycles. The standard InChI is InChI=1S/C11H13NS2/c1-2-9-3-5-10(6-4-9)12-11-13-7-8-14-11/h3-6H,2,7-8H2,1H3. The van der Waals surface area contributed by atoms with Gasteiger partial charge in [-0.1, -0.05) is 42.6 Å². The third kappa shape index (κ3) is 2.55. The summed E-state index contributed by atoms with van der Waals surface area (Å²) in [5, 5.41) is 0. The molecule has 0 aromatic heterocycles. The topological polar surface area (TPSA) is 12.4 Å². The monoisotopic (exact) mass is 223 g/mol. The number of thioether (sulfide) groups is 2. The highest BCUT2D eigenvalue weighted by molar-refractivity contribution is 8.41. The van der Waals surface area contributed by atoms with Crippen molar-refractivity contribution in [3.63, 3.8) is 0 Å². The van der Waals surface area contributed by atoms with Gasteiger partial charge in [-0.2, -0.15) is 0 Å². The first kappa shape index (κ1) is 10.1. The Balaban J connectivity index is 2.12. The molecule has 74 valence electrons. The molecule has 0 aliphatic carbocycles. The lowest BCUT2D eigenvalue weighted by atomic mass is 10.2. The molecule has 0 atom stereocenters. The Bertz CT molecular complexity index is 322. The first-order valence-corrected chi connectivity index (χ1v) is 6.79. The molecule has 0 spiro atoms. The number of aryl methyl sites for hydroxylation is 1. The van der Waals surface area contributed by atoms with Crippen molar-refractivity contribution in [3.8, 4) is 0 Å². The summed E-state index contributed by atoms with van der Waals surface area (Å²) >= 11 is 3.72. The molecule has 1 aliphatic rings. The Kier molecular flexibility index (Phi) is 3.54. The van der Waals surface area contributed by atoms with Crippen molar-refractivity contribution in [2.75, 3.05) is 11.5 Å². The SMILES string of the molecule is CCc1ccc(N=C2SCCS2)cc1. The van der Waals surface area contributed by atoms with Crippen molar-refractivity contribution in [3.05, 3.63) is 29.8 Å². The van der Waals surface area contributed by atoms with Gasteiger partial charge in [-0.15, -0.1) is 0 Å². The summed E-state index contributed by atoms with van der Waals surface area (Å²) in [4.78, 5) is 4.58. The fourth-order valence-corrected chi connectivity index (χ4v) is 3.46. The van der Waals surface area contributed by atoms with Crippen LogP contribution in [0.1, 0.15) is 12.5 Å². The van der Waals surface area contributed by atoms with Gasteiger partial charge in [0, 0.05) is 11.5 Å². The van der Waals surface area contributed by atoms with Gasteiger partial charge in [0.15, 0.2) is 0 Å². The van der Waals surface area contributed by atoms with E-state index < -0.39 is 0 Å². The Labute approximate surface area is 93.4 Å². The van der Waals surface area contributed by atoms with Crippen LogP contribution in [0.15, 0.2) is 29.3 Å². The van der Waals surface area contributed by atoms with Crippen molar-refractivity contribution in [2.45, 2.75) is 13.3 Å². The molecule has 0 saturated carbocycles. The summed E-state index contributed by atoms with van der Waals surface area (Å²) in [5.74, 6) is 2.41. The third-order valence-electron chi connectivity index (χ3n) is 2.10. The minimum absolute atomic E-state index is 1.08. The summed E-state index contributed by atoms with van der Waals surface area (Å²) in [6.07, 6.45) is 1.10. The summed E-state index contributed by atoms with van der Waals surface area (Å²) in [5.41, 5.74) is 2.46. The van der Waals surface area contributed by atoms with Gasteiger partial charge in [0.1, 0.15) is 4.38 Å². The highest BCUT2D eigenvalue weighted by atomic mass is 32.2. The maximum Gasteiger partial charge on any atom is 0.130 e. The molecule has 0 bridgehead atoms. The Morgan fingerprint density at radius 3 is 2.36 bits per heavy atom. The molecule has 1 aliphatic heterocycles. The van der Waals surface area contributed by atoms with Gasteiger partial charge >= 0.3 is 0 Å². The quantitative estimate of drug-likeness (QED) is 0.757. The molecular weight excluding hydrogens is 210 g/mol. The Hall–Kier alpha value is -0.410. The second-order valence-electron chi connectivity index (χ2n) is 3.09. The molecule has 3 heteroatoms. The minimum atomic E-state index is 1.08. The van der Waals surface area contributed by atoms with Crippen LogP contribution in [0.25, 0.3) is 0 Å². The smallest absolute Gasteiger partial charge is 0.130 e. The maximum absolute atomic E-state index is 4.58. The van der Waals surface area contributed by atoms with Crippen LogP contribution in [0.3, 0.4) is 0 Å². The summed E-state index contributed by atoms with van der Waals surface area (Å²) < 4.78 is 1.22. The molecule has 14 heavy (non-hydrogen) atoms. The van der Waals surface area contributed by atoms with E-state index in [9.17, 15) is 0 Å². The maximum atomic E-state index is 4.58. The van der Waals surface area contributed by atoms with E-state index in [1.165, 1.54) is 21.4 Å². The first-order chi connectivity index (χ1) is 6.88. The summed E-state index contributed by atoms with van der Waals surface area (Å²) in [6.45, 7) is 2.17. The fraction of sp³-hybridized carbons (Fsp3) is 0.364. The van der Waals surface area contributed by atoms with Crippen LogP contribution >= 0.6 is 23.5 Å². The van der Waals surface area contributed by atoms with Crippen molar-refractivity contribution in [2.24, 2.45) is 4.99 Å². The second-order valence-corrected chi connectivity index (χ2v) is 5.52. The van der Waals surface area contributed by atoms with E-state index in [0.717, 1.165) is 12.1 Å². The van der Waals surface area contributed by atoms with E-state index in [1.54, 1.807) is 0 Å². The Morgan fingerprint density at radius 2 is 1.79 bits per heavy atom. The van der Waals surface area contributed by atoms with Crippen molar-refractivity contribution in [1.82, 2.24) is 0 Å². The van der Waals surface area contributed by atoms with Gasteiger partial charge in [-0.05, 0) is 24.1 Å². The average Bonchev–Trinajstić information content (AvgIpc) is 2.72. The van der Waals surface area contributed by atoms with Gasteiger partial charge < -0.3 is 0 Å². The molecular formula is C11H13NS2. The van der Waals surface area contributed by atoms with E-state index in [2.05, 4.69) is 36.2 Å². The van der Waals surface area contributed by atoms with E-state index in [1.807, 2.05) is 23.5 Å². The predicted molar refractivity (Wildman–Crippen MR) is 67.8 cm³/mol. The van der Waals surface area contributed by atoms with Crippen LogP contribution in [0.2, 0.25) is 0 Å². The van der Waals surface area contributed by atoms with Crippen LogP contribution in [-0.4, -0.2) is 15.9 Å². The van der Waals surface area contributed by atoms with E-state index >= 15 is 0 Å². The van der Waals surface area contributed by atoms with Crippen LogP contribution in [-0.2, 0) is 6.42 Å². The van der Waals surface area contributed by atoms with Gasteiger partial charge in [0.25, 0.3) is 0 Å². The zero-order valence-corrected chi connectivity index (χ0v) is 9.83. The fourth-order valence-electron chi connectivity index (χ4n) is 1.28. The zero-order valence-electron chi connectivity index (χ0n) is 8.19. The molecule has 0 radical (unpaired) electrons. The normalized spacial score (nSPS) is 15.9. The molecule has 1 heterocycles. The number of nitrogens with zero attached hydrogens (tertiary/aromatic N) is 1. The van der Waals surface area contributed by atoms with E-state index in [-0.39, 0.29) is 0 Å². The highest BCUT2D eigenvalue weighted by Crippen LogP contribution is 2.29.